The number of morpholine rings is 1. The average molecular weight is 447 g/mol. The number of hydrogen-bond acceptors (Lipinski definition) is 5. The molecule has 31 heavy (non-hydrogen) atoms. The summed E-state index contributed by atoms with van der Waals surface area (Å²) in [6, 6.07) is 7.20. The van der Waals surface area contributed by atoms with Gasteiger partial charge < -0.3 is 14.7 Å². The minimum Gasteiger partial charge on any atom is -0.396 e. The average Bonchev–Trinajstić information content (AvgIpc) is 3.27. The Morgan fingerprint density at radius 2 is 2.06 bits per heavy atom. The number of carbonyl (C=O) groups excluding carboxylic acids is 1. The number of hydrogen-bond donors (Lipinski definition) is 1. The van der Waals surface area contributed by atoms with Crippen molar-refractivity contribution in [1.82, 2.24) is 9.80 Å². The molecule has 1 spiro atoms. The number of rotatable bonds is 6. The number of aryl methyl sites for hydroxylation is 1. The second kappa shape index (κ2) is 9.77. The van der Waals surface area contributed by atoms with Gasteiger partial charge in [-0.2, -0.15) is 0 Å². The zero-order valence-corrected chi connectivity index (χ0v) is 18.9. The van der Waals surface area contributed by atoms with Crippen LogP contribution in [0.4, 0.5) is 4.39 Å². The Bertz CT molecular complexity index is 908. The van der Waals surface area contributed by atoms with Crippen molar-refractivity contribution >= 4 is 17.2 Å². The Kier molecular flexibility index (Phi) is 7.06. The van der Waals surface area contributed by atoms with Gasteiger partial charge in [-0.3, -0.25) is 9.69 Å². The maximum absolute atomic E-state index is 13.8. The van der Waals surface area contributed by atoms with E-state index in [0.29, 0.717) is 31.7 Å². The molecular formula is C24H31FN2O3S. The highest BCUT2D eigenvalue weighted by Crippen LogP contribution is 2.32. The second-order valence-corrected chi connectivity index (χ2v) is 9.58. The van der Waals surface area contributed by atoms with Crippen LogP contribution in [-0.4, -0.2) is 65.8 Å². The number of aliphatic hydroxyl groups excluding tert-OH is 1. The van der Waals surface area contributed by atoms with Gasteiger partial charge in [-0.05, 0) is 48.9 Å². The third-order valence-electron chi connectivity index (χ3n) is 6.45. The zero-order chi connectivity index (χ0) is 21.8. The molecule has 2 fully saturated rings. The van der Waals surface area contributed by atoms with Crippen LogP contribution in [-0.2, 0) is 24.1 Å². The molecule has 0 bridgehead atoms. The fourth-order valence-corrected chi connectivity index (χ4v) is 5.41. The number of thiophene rings is 1. The quantitative estimate of drug-likeness (QED) is 0.738. The third-order valence-corrected chi connectivity index (χ3v) is 7.53. The van der Waals surface area contributed by atoms with Gasteiger partial charge in [0.1, 0.15) is 5.82 Å². The minimum atomic E-state index is -0.265. The molecule has 1 aromatic heterocycles. The lowest BCUT2D eigenvalue weighted by Crippen LogP contribution is -2.57. The summed E-state index contributed by atoms with van der Waals surface area (Å²) in [6.45, 7) is 6.45. The number of piperidine rings is 1. The van der Waals surface area contributed by atoms with Gasteiger partial charge in [0, 0.05) is 43.0 Å². The van der Waals surface area contributed by atoms with Crippen LogP contribution in [0.1, 0.15) is 46.1 Å². The van der Waals surface area contributed by atoms with E-state index in [2.05, 4.69) is 11.8 Å². The SMILES string of the molecule is CCc1cc(C(=O)N2CCOC3(CCN(Cc4ccc(F)c(CCO)c4)CC3)C2)cs1. The molecule has 2 saturated heterocycles. The predicted molar refractivity (Wildman–Crippen MR) is 120 cm³/mol. The van der Waals surface area contributed by atoms with Crippen molar-refractivity contribution < 1.29 is 19.0 Å². The number of ether oxygens (including phenoxy) is 1. The molecule has 0 saturated carbocycles. The maximum Gasteiger partial charge on any atom is 0.254 e. The number of aliphatic hydroxyl groups is 1. The van der Waals surface area contributed by atoms with Crippen molar-refractivity contribution in [2.24, 2.45) is 0 Å². The molecule has 2 aromatic rings. The molecule has 1 amide bonds. The first kappa shape index (κ1) is 22.4. The first-order valence-electron chi connectivity index (χ1n) is 11.1. The van der Waals surface area contributed by atoms with Gasteiger partial charge in [0.25, 0.3) is 5.91 Å². The van der Waals surface area contributed by atoms with Gasteiger partial charge in [0.05, 0.1) is 24.3 Å². The number of likely N-dealkylation sites (tertiary alicyclic amines) is 1. The van der Waals surface area contributed by atoms with Crippen LogP contribution in [0.2, 0.25) is 0 Å². The Labute approximate surface area is 187 Å². The maximum atomic E-state index is 13.8. The lowest BCUT2D eigenvalue weighted by atomic mass is 9.89. The molecule has 0 atom stereocenters. The fraction of sp³-hybridized carbons (Fsp3) is 0.542. The predicted octanol–water partition coefficient (Wildman–Crippen LogP) is 3.49. The zero-order valence-electron chi connectivity index (χ0n) is 18.1. The summed E-state index contributed by atoms with van der Waals surface area (Å²) < 4.78 is 20.1. The summed E-state index contributed by atoms with van der Waals surface area (Å²) in [7, 11) is 0. The molecule has 3 heterocycles. The van der Waals surface area contributed by atoms with Gasteiger partial charge in [-0.25, -0.2) is 4.39 Å². The van der Waals surface area contributed by atoms with Crippen molar-refractivity contribution in [1.29, 1.82) is 0 Å². The van der Waals surface area contributed by atoms with Crippen molar-refractivity contribution in [3.8, 4) is 0 Å². The summed E-state index contributed by atoms with van der Waals surface area (Å²) in [6.07, 6.45) is 3.05. The highest BCUT2D eigenvalue weighted by atomic mass is 32.1. The molecule has 1 N–H and O–H groups in total. The van der Waals surface area contributed by atoms with Crippen molar-refractivity contribution in [2.75, 3.05) is 39.4 Å². The van der Waals surface area contributed by atoms with E-state index < -0.39 is 0 Å². The Morgan fingerprint density at radius 3 is 2.77 bits per heavy atom. The summed E-state index contributed by atoms with van der Waals surface area (Å²) in [4.78, 5) is 18.5. The van der Waals surface area contributed by atoms with Crippen molar-refractivity contribution in [2.45, 2.75) is 44.8 Å². The van der Waals surface area contributed by atoms with E-state index in [-0.39, 0.29) is 23.9 Å². The van der Waals surface area contributed by atoms with Gasteiger partial charge in [0.15, 0.2) is 0 Å². The molecule has 2 aliphatic rings. The summed E-state index contributed by atoms with van der Waals surface area (Å²) in [5, 5.41) is 11.1. The first-order chi connectivity index (χ1) is 15.0. The standard InChI is InChI=1S/C24H31FN2O3S/c1-2-21-14-20(16-31-21)23(29)27-10-12-30-24(17-27)6-8-26(9-7-24)15-18-3-4-22(25)19(13-18)5-11-28/h3-4,13-14,16,28H,2,5-12,15,17H2,1H3. The minimum absolute atomic E-state index is 0.0513. The van der Waals surface area contributed by atoms with Crippen LogP contribution >= 0.6 is 11.3 Å². The molecule has 168 valence electrons. The van der Waals surface area contributed by atoms with Crippen LogP contribution in [0.15, 0.2) is 29.6 Å². The van der Waals surface area contributed by atoms with Crippen LogP contribution in [0, 0.1) is 5.82 Å². The van der Waals surface area contributed by atoms with E-state index >= 15 is 0 Å². The van der Waals surface area contributed by atoms with Crippen LogP contribution in [0.5, 0.6) is 0 Å². The lowest BCUT2D eigenvalue weighted by molar-refractivity contribution is -0.127. The van der Waals surface area contributed by atoms with E-state index in [9.17, 15) is 9.18 Å². The smallest absolute Gasteiger partial charge is 0.254 e. The molecule has 2 aliphatic heterocycles. The summed E-state index contributed by atoms with van der Waals surface area (Å²) in [5.41, 5.74) is 2.16. The van der Waals surface area contributed by atoms with Crippen molar-refractivity contribution in [3.05, 3.63) is 57.0 Å². The highest BCUT2D eigenvalue weighted by Gasteiger charge is 2.41. The molecule has 0 unspecified atom stereocenters. The van der Waals surface area contributed by atoms with E-state index in [1.165, 1.54) is 10.9 Å². The summed E-state index contributed by atoms with van der Waals surface area (Å²) >= 11 is 1.65. The van der Waals surface area contributed by atoms with Gasteiger partial charge in [0.2, 0.25) is 0 Å². The number of carbonyl (C=O) groups is 1. The molecule has 0 aliphatic carbocycles. The Morgan fingerprint density at radius 1 is 1.26 bits per heavy atom. The number of amides is 1. The van der Waals surface area contributed by atoms with E-state index in [1.54, 1.807) is 11.3 Å². The number of benzene rings is 1. The second-order valence-electron chi connectivity index (χ2n) is 8.59. The molecular weight excluding hydrogens is 415 g/mol. The lowest BCUT2D eigenvalue weighted by Gasteiger charge is -2.47. The highest BCUT2D eigenvalue weighted by molar-refractivity contribution is 7.10. The monoisotopic (exact) mass is 446 g/mol. The van der Waals surface area contributed by atoms with Gasteiger partial charge >= 0.3 is 0 Å². The number of nitrogens with zero attached hydrogens (tertiary/aromatic N) is 2. The van der Waals surface area contributed by atoms with E-state index in [0.717, 1.165) is 50.0 Å². The molecule has 5 nitrogen and oxygen atoms in total. The Hall–Kier alpha value is -1.80. The topological polar surface area (TPSA) is 53.0 Å². The third kappa shape index (κ3) is 5.17. The number of halogens is 1. The summed E-state index contributed by atoms with van der Waals surface area (Å²) in [5.74, 6) is -0.142. The largest absolute Gasteiger partial charge is 0.396 e. The van der Waals surface area contributed by atoms with Gasteiger partial charge in [-0.15, -0.1) is 11.3 Å². The van der Waals surface area contributed by atoms with Crippen LogP contribution in [0.3, 0.4) is 0 Å². The molecule has 0 radical (unpaired) electrons. The molecule has 4 rings (SSSR count). The van der Waals surface area contributed by atoms with Gasteiger partial charge in [-0.1, -0.05) is 19.1 Å². The fourth-order valence-electron chi connectivity index (χ4n) is 4.60. The van der Waals surface area contributed by atoms with Crippen LogP contribution < -0.4 is 0 Å². The Balaban J connectivity index is 1.35. The normalized spacial score (nSPS) is 19.1. The van der Waals surface area contributed by atoms with E-state index in [4.69, 9.17) is 9.84 Å². The first-order valence-corrected chi connectivity index (χ1v) is 12.0. The molecule has 1 aromatic carbocycles. The molecule has 7 heteroatoms. The van der Waals surface area contributed by atoms with Crippen molar-refractivity contribution in [3.63, 3.8) is 0 Å². The van der Waals surface area contributed by atoms with E-state index in [1.807, 2.05) is 28.5 Å². The van der Waals surface area contributed by atoms with Crippen LogP contribution in [0.25, 0.3) is 0 Å².